The molecular weight excluding hydrogens is 394 g/mol. The van der Waals surface area contributed by atoms with Crippen LogP contribution in [0.5, 0.6) is 0 Å². The topological polar surface area (TPSA) is 76.1 Å². The Bertz CT molecular complexity index is 1140. The van der Waals surface area contributed by atoms with Crippen molar-refractivity contribution >= 4 is 32.2 Å². The monoisotopic (exact) mass is 408 g/mol. The van der Waals surface area contributed by atoms with Crippen molar-refractivity contribution in [2.24, 2.45) is 0 Å². The maximum atomic E-state index is 13.5. The first-order valence-corrected chi connectivity index (χ1v) is 10.4. The van der Waals surface area contributed by atoms with Crippen molar-refractivity contribution in [3.05, 3.63) is 64.5 Å². The minimum Gasteiger partial charge on any atom is -0.298 e. The first-order valence-electron chi connectivity index (χ1n) is 7.70. The Hall–Kier alpha value is -2.65. The Morgan fingerprint density at radius 1 is 1.11 bits per heavy atom. The predicted molar refractivity (Wildman–Crippen MR) is 99.7 cm³/mol. The fourth-order valence-electron chi connectivity index (χ4n) is 2.50. The summed E-state index contributed by atoms with van der Waals surface area (Å²) in [5.41, 5.74) is 0.785. The standard InChI is InChI=1S/C18H14F2N2O3S2/c1-10-16(11-7-8-13(19)14(20)9-11)21-18(26-10)22-17(23)12-5-3-4-6-15(12)27(2,24)25/h3-9H,1-2H3,(H,21,22,23). The van der Waals surface area contributed by atoms with Crippen molar-refractivity contribution < 1.29 is 22.0 Å². The van der Waals surface area contributed by atoms with E-state index in [2.05, 4.69) is 10.3 Å². The van der Waals surface area contributed by atoms with Crippen LogP contribution in [0.3, 0.4) is 0 Å². The smallest absolute Gasteiger partial charge is 0.258 e. The Morgan fingerprint density at radius 3 is 2.48 bits per heavy atom. The molecule has 3 aromatic rings. The summed E-state index contributed by atoms with van der Waals surface area (Å²) < 4.78 is 50.3. The Balaban J connectivity index is 1.92. The summed E-state index contributed by atoms with van der Waals surface area (Å²) in [6.07, 6.45) is 1.02. The van der Waals surface area contributed by atoms with Gasteiger partial charge in [-0.2, -0.15) is 0 Å². The van der Waals surface area contributed by atoms with Gasteiger partial charge in [-0.1, -0.05) is 12.1 Å². The zero-order valence-electron chi connectivity index (χ0n) is 14.3. The lowest BCUT2D eigenvalue weighted by molar-refractivity contribution is 0.102. The number of nitrogens with zero attached hydrogens (tertiary/aromatic N) is 1. The summed E-state index contributed by atoms with van der Waals surface area (Å²) in [6.45, 7) is 1.73. The van der Waals surface area contributed by atoms with Gasteiger partial charge in [0, 0.05) is 16.7 Å². The SMILES string of the molecule is Cc1sc(NC(=O)c2ccccc2S(C)(=O)=O)nc1-c1ccc(F)c(F)c1. The maximum absolute atomic E-state index is 13.5. The van der Waals surface area contributed by atoms with E-state index in [0.29, 0.717) is 16.1 Å². The molecule has 0 unspecified atom stereocenters. The lowest BCUT2D eigenvalue weighted by Crippen LogP contribution is -2.15. The molecule has 1 heterocycles. The lowest BCUT2D eigenvalue weighted by atomic mass is 10.1. The summed E-state index contributed by atoms with van der Waals surface area (Å²) in [5.74, 6) is -2.58. The van der Waals surface area contributed by atoms with Gasteiger partial charge in [-0.05, 0) is 37.3 Å². The first-order chi connectivity index (χ1) is 12.7. The van der Waals surface area contributed by atoms with Crippen LogP contribution in [0.25, 0.3) is 11.3 Å². The summed E-state index contributed by atoms with van der Waals surface area (Å²) in [6, 6.07) is 9.27. The van der Waals surface area contributed by atoms with Gasteiger partial charge in [0.1, 0.15) is 0 Å². The van der Waals surface area contributed by atoms with Gasteiger partial charge in [-0.3, -0.25) is 10.1 Å². The van der Waals surface area contributed by atoms with E-state index >= 15 is 0 Å². The molecule has 0 atom stereocenters. The van der Waals surface area contributed by atoms with Crippen molar-refractivity contribution in [2.75, 3.05) is 11.6 Å². The zero-order valence-corrected chi connectivity index (χ0v) is 15.9. The van der Waals surface area contributed by atoms with Gasteiger partial charge in [0.2, 0.25) is 0 Å². The van der Waals surface area contributed by atoms with Gasteiger partial charge in [-0.25, -0.2) is 22.2 Å². The molecule has 0 aliphatic carbocycles. The summed E-state index contributed by atoms with van der Waals surface area (Å²) in [7, 11) is -3.58. The highest BCUT2D eigenvalue weighted by Gasteiger charge is 2.20. The molecule has 27 heavy (non-hydrogen) atoms. The number of sulfone groups is 1. The van der Waals surface area contributed by atoms with Crippen LogP contribution in [0.1, 0.15) is 15.2 Å². The molecule has 5 nitrogen and oxygen atoms in total. The third-order valence-corrected chi connectivity index (χ3v) is 5.78. The number of nitrogens with one attached hydrogen (secondary N) is 1. The molecule has 0 fully saturated rings. The lowest BCUT2D eigenvalue weighted by Gasteiger charge is -2.07. The molecule has 0 spiro atoms. The van der Waals surface area contributed by atoms with Crippen LogP contribution < -0.4 is 5.32 Å². The fraction of sp³-hybridized carbons (Fsp3) is 0.111. The van der Waals surface area contributed by atoms with E-state index in [1.165, 1.54) is 24.3 Å². The summed E-state index contributed by atoms with van der Waals surface area (Å²) >= 11 is 1.15. The van der Waals surface area contributed by atoms with E-state index in [0.717, 1.165) is 29.7 Å². The summed E-state index contributed by atoms with van der Waals surface area (Å²) in [5, 5.41) is 2.79. The minimum absolute atomic E-state index is 0.00206. The number of halogens is 2. The predicted octanol–water partition coefficient (Wildman–Crippen LogP) is 4.05. The second kappa shape index (κ2) is 7.16. The molecule has 0 saturated carbocycles. The number of anilines is 1. The highest BCUT2D eigenvalue weighted by Crippen LogP contribution is 2.31. The van der Waals surface area contributed by atoms with Crippen LogP contribution in [0, 0.1) is 18.6 Å². The highest BCUT2D eigenvalue weighted by atomic mass is 32.2. The van der Waals surface area contributed by atoms with E-state index in [1.54, 1.807) is 13.0 Å². The molecule has 1 aromatic heterocycles. The number of aryl methyl sites for hydroxylation is 1. The van der Waals surface area contributed by atoms with Crippen molar-refractivity contribution in [1.29, 1.82) is 0 Å². The van der Waals surface area contributed by atoms with Gasteiger partial charge < -0.3 is 0 Å². The van der Waals surface area contributed by atoms with Crippen LogP contribution in [-0.2, 0) is 9.84 Å². The average Bonchev–Trinajstić information content (AvgIpc) is 2.97. The third-order valence-electron chi connectivity index (χ3n) is 3.74. The van der Waals surface area contributed by atoms with Gasteiger partial charge in [-0.15, -0.1) is 11.3 Å². The number of benzene rings is 2. The van der Waals surface area contributed by atoms with E-state index in [-0.39, 0.29) is 15.6 Å². The van der Waals surface area contributed by atoms with Gasteiger partial charge in [0.05, 0.1) is 16.2 Å². The van der Waals surface area contributed by atoms with Crippen molar-refractivity contribution in [2.45, 2.75) is 11.8 Å². The molecule has 140 valence electrons. The fourth-order valence-corrected chi connectivity index (χ4v) is 4.22. The number of hydrogen-bond donors (Lipinski definition) is 1. The summed E-state index contributed by atoms with van der Waals surface area (Å²) in [4.78, 5) is 17.4. The first kappa shape index (κ1) is 19.1. The second-order valence-corrected chi connectivity index (χ2v) is 8.96. The quantitative estimate of drug-likeness (QED) is 0.707. The van der Waals surface area contributed by atoms with E-state index in [1.807, 2.05) is 0 Å². The molecule has 9 heteroatoms. The molecule has 0 radical (unpaired) electrons. The molecule has 2 aromatic carbocycles. The average molecular weight is 408 g/mol. The second-order valence-electron chi connectivity index (χ2n) is 5.78. The van der Waals surface area contributed by atoms with Crippen molar-refractivity contribution in [1.82, 2.24) is 4.98 Å². The van der Waals surface area contributed by atoms with E-state index < -0.39 is 27.4 Å². The van der Waals surface area contributed by atoms with Crippen LogP contribution in [0.15, 0.2) is 47.4 Å². The van der Waals surface area contributed by atoms with Gasteiger partial charge >= 0.3 is 0 Å². The Labute approximate surface area is 158 Å². The normalized spacial score (nSPS) is 11.4. The number of amides is 1. The number of carbonyl (C=O) groups is 1. The molecule has 1 N–H and O–H groups in total. The largest absolute Gasteiger partial charge is 0.298 e. The van der Waals surface area contributed by atoms with Crippen LogP contribution in [-0.4, -0.2) is 25.6 Å². The van der Waals surface area contributed by atoms with E-state index in [4.69, 9.17) is 0 Å². The molecular formula is C18H14F2N2O3S2. The minimum atomic E-state index is -3.58. The van der Waals surface area contributed by atoms with Crippen LogP contribution in [0.2, 0.25) is 0 Å². The molecule has 1 amide bonds. The third kappa shape index (κ3) is 4.04. The molecule has 3 rings (SSSR count). The van der Waals surface area contributed by atoms with E-state index in [9.17, 15) is 22.0 Å². The number of aromatic nitrogens is 1. The number of rotatable bonds is 4. The molecule has 0 bridgehead atoms. The molecule has 0 aliphatic heterocycles. The van der Waals surface area contributed by atoms with Crippen molar-refractivity contribution in [3.63, 3.8) is 0 Å². The highest BCUT2D eigenvalue weighted by molar-refractivity contribution is 7.90. The van der Waals surface area contributed by atoms with Gasteiger partial charge in [0.15, 0.2) is 26.6 Å². The number of hydrogen-bond acceptors (Lipinski definition) is 5. The van der Waals surface area contributed by atoms with Gasteiger partial charge in [0.25, 0.3) is 5.91 Å². The number of thiazole rings is 1. The maximum Gasteiger partial charge on any atom is 0.258 e. The molecule has 0 saturated heterocycles. The Kier molecular flexibility index (Phi) is 5.07. The Morgan fingerprint density at radius 2 is 1.81 bits per heavy atom. The van der Waals surface area contributed by atoms with Crippen LogP contribution >= 0.6 is 11.3 Å². The zero-order chi connectivity index (χ0) is 19.8. The molecule has 0 aliphatic rings. The van der Waals surface area contributed by atoms with Crippen molar-refractivity contribution in [3.8, 4) is 11.3 Å². The van der Waals surface area contributed by atoms with Crippen LogP contribution in [0.4, 0.5) is 13.9 Å². The number of carbonyl (C=O) groups excluding carboxylic acids is 1.